The number of fused-ring (bicyclic) bond motifs is 3. The number of nitrogens with zero attached hydrogens (tertiary/aromatic N) is 2. The molecule has 22 heavy (non-hydrogen) atoms. The predicted octanol–water partition coefficient (Wildman–Crippen LogP) is 4.06. The van der Waals surface area contributed by atoms with Crippen LogP contribution in [0.5, 0.6) is 0 Å². The second-order valence-corrected chi connectivity index (χ2v) is 7.24. The van der Waals surface area contributed by atoms with E-state index in [2.05, 4.69) is 9.97 Å². The van der Waals surface area contributed by atoms with Gasteiger partial charge in [0.1, 0.15) is 0 Å². The molecule has 3 rings (SSSR count). The lowest BCUT2D eigenvalue weighted by Crippen LogP contribution is -1.89. The Morgan fingerprint density at radius 3 is 1.59 bits per heavy atom. The summed E-state index contributed by atoms with van der Waals surface area (Å²) in [6, 6.07) is 7.79. The van der Waals surface area contributed by atoms with Crippen LogP contribution < -0.4 is 0 Å². The van der Waals surface area contributed by atoms with Crippen molar-refractivity contribution in [3.63, 3.8) is 0 Å². The summed E-state index contributed by atoms with van der Waals surface area (Å²) in [4.78, 5) is 32.9. The van der Waals surface area contributed by atoms with Crippen LogP contribution in [0.3, 0.4) is 0 Å². The number of hydrogen-bond acceptors (Lipinski definition) is 6. The molecule has 4 nitrogen and oxygen atoms in total. The molecular weight excluding hydrogens is 316 g/mol. The van der Waals surface area contributed by atoms with Crippen LogP contribution in [-0.4, -0.2) is 20.2 Å². The van der Waals surface area contributed by atoms with Crippen molar-refractivity contribution in [1.29, 1.82) is 0 Å². The minimum Gasteiger partial charge on any atom is -0.287 e. The quantitative estimate of drug-likeness (QED) is 0.522. The van der Waals surface area contributed by atoms with Crippen LogP contribution in [0, 0.1) is 0 Å². The molecule has 0 fully saturated rings. The van der Waals surface area contributed by atoms with E-state index in [1.165, 1.54) is 37.4 Å². The van der Waals surface area contributed by atoms with Gasteiger partial charge in [0.15, 0.2) is 10.2 Å². The van der Waals surface area contributed by atoms with Crippen LogP contribution in [0.1, 0.15) is 13.8 Å². The Labute approximate surface area is 135 Å². The average Bonchev–Trinajstić information content (AvgIpc) is 2.45. The molecule has 0 aliphatic heterocycles. The maximum atomic E-state index is 11.2. The first-order valence-corrected chi connectivity index (χ1v) is 8.21. The van der Waals surface area contributed by atoms with Crippen molar-refractivity contribution in [3.05, 3.63) is 36.7 Å². The van der Waals surface area contributed by atoms with Crippen molar-refractivity contribution in [2.24, 2.45) is 0 Å². The highest BCUT2D eigenvalue weighted by molar-refractivity contribution is 8.13. The first-order valence-electron chi connectivity index (χ1n) is 6.58. The van der Waals surface area contributed by atoms with Gasteiger partial charge in [-0.1, -0.05) is 35.7 Å². The summed E-state index contributed by atoms with van der Waals surface area (Å²) in [5.41, 5.74) is 1.59. The number of pyridine rings is 2. The van der Waals surface area contributed by atoms with Gasteiger partial charge in [-0.2, -0.15) is 0 Å². The van der Waals surface area contributed by atoms with Gasteiger partial charge in [-0.05, 0) is 12.1 Å². The van der Waals surface area contributed by atoms with Gasteiger partial charge in [0.25, 0.3) is 0 Å². The summed E-state index contributed by atoms with van der Waals surface area (Å²) < 4.78 is 0. The summed E-state index contributed by atoms with van der Waals surface area (Å²) in [6.07, 6.45) is 3.38. The Morgan fingerprint density at radius 2 is 1.23 bits per heavy atom. The maximum absolute atomic E-state index is 11.2. The molecule has 110 valence electrons. The standard InChI is InChI=1S/C16H12N2O2S2/c1-9(19)21-13-5-11-3-4-12-6-14(22-10(2)20)8-18-16(12)15(11)17-7-13/h3-8H,1-2H3. The molecule has 0 aliphatic carbocycles. The molecule has 3 aromatic rings. The first kappa shape index (κ1) is 15.0. The molecule has 0 spiro atoms. The molecular formula is C16H12N2O2S2. The van der Waals surface area contributed by atoms with Crippen molar-refractivity contribution >= 4 is 55.6 Å². The zero-order chi connectivity index (χ0) is 15.7. The van der Waals surface area contributed by atoms with Gasteiger partial charge in [-0.3, -0.25) is 19.6 Å². The Balaban J connectivity index is 2.11. The highest BCUT2D eigenvalue weighted by Crippen LogP contribution is 2.29. The topological polar surface area (TPSA) is 59.9 Å². The van der Waals surface area contributed by atoms with Crippen molar-refractivity contribution in [2.75, 3.05) is 0 Å². The zero-order valence-electron chi connectivity index (χ0n) is 12.0. The van der Waals surface area contributed by atoms with Crippen LogP contribution in [0.2, 0.25) is 0 Å². The van der Waals surface area contributed by atoms with Crippen LogP contribution in [0.15, 0.2) is 46.5 Å². The van der Waals surface area contributed by atoms with Crippen LogP contribution in [-0.2, 0) is 9.59 Å². The molecule has 2 aromatic heterocycles. The molecule has 0 aliphatic rings. The molecule has 0 bridgehead atoms. The van der Waals surface area contributed by atoms with Gasteiger partial charge in [0.05, 0.1) is 11.0 Å². The van der Waals surface area contributed by atoms with Crippen LogP contribution in [0.4, 0.5) is 0 Å². The van der Waals surface area contributed by atoms with Crippen LogP contribution >= 0.6 is 23.5 Å². The molecule has 0 amide bonds. The maximum Gasteiger partial charge on any atom is 0.190 e. The normalized spacial score (nSPS) is 11.0. The molecule has 0 atom stereocenters. The van der Waals surface area contributed by atoms with E-state index in [0.717, 1.165) is 31.6 Å². The monoisotopic (exact) mass is 328 g/mol. The van der Waals surface area contributed by atoms with Gasteiger partial charge < -0.3 is 0 Å². The molecule has 2 heterocycles. The summed E-state index contributed by atoms with van der Waals surface area (Å²) >= 11 is 2.33. The fourth-order valence-corrected chi connectivity index (χ4v) is 3.44. The van der Waals surface area contributed by atoms with E-state index in [4.69, 9.17) is 0 Å². The van der Waals surface area contributed by atoms with Crippen molar-refractivity contribution in [2.45, 2.75) is 23.6 Å². The van der Waals surface area contributed by atoms with E-state index < -0.39 is 0 Å². The fraction of sp³-hybridized carbons (Fsp3) is 0.125. The largest absolute Gasteiger partial charge is 0.287 e. The zero-order valence-corrected chi connectivity index (χ0v) is 13.6. The summed E-state index contributed by atoms with van der Waals surface area (Å²) in [5.74, 6) is 0. The van der Waals surface area contributed by atoms with Gasteiger partial charge in [0, 0.05) is 46.8 Å². The first-order chi connectivity index (χ1) is 10.5. The summed E-state index contributed by atoms with van der Waals surface area (Å²) in [5, 5.41) is 1.95. The third-order valence-corrected chi connectivity index (χ3v) is 4.47. The number of benzene rings is 1. The lowest BCUT2D eigenvalue weighted by molar-refractivity contribution is -0.109. The number of hydrogen-bond donors (Lipinski definition) is 0. The predicted molar refractivity (Wildman–Crippen MR) is 90.1 cm³/mol. The molecule has 0 N–H and O–H groups in total. The van der Waals surface area contributed by atoms with E-state index in [0.29, 0.717) is 0 Å². The minimum absolute atomic E-state index is 0.0333. The number of rotatable bonds is 2. The fourth-order valence-electron chi connectivity index (χ4n) is 2.20. The third kappa shape index (κ3) is 3.13. The number of aromatic nitrogens is 2. The molecule has 0 saturated carbocycles. The molecule has 1 aromatic carbocycles. The second kappa shape index (κ2) is 6.06. The highest BCUT2D eigenvalue weighted by Gasteiger charge is 2.08. The number of thioether (sulfide) groups is 2. The van der Waals surface area contributed by atoms with Gasteiger partial charge in [-0.15, -0.1) is 0 Å². The molecule has 6 heteroatoms. The van der Waals surface area contributed by atoms with Gasteiger partial charge >= 0.3 is 0 Å². The Hall–Kier alpha value is -1.92. The average molecular weight is 328 g/mol. The smallest absolute Gasteiger partial charge is 0.190 e. The lowest BCUT2D eigenvalue weighted by atomic mass is 10.1. The van der Waals surface area contributed by atoms with Crippen molar-refractivity contribution in [3.8, 4) is 0 Å². The van der Waals surface area contributed by atoms with Crippen molar-refractivity contribution in [1.82, 2.24) is 9.97 Å². The Kier molecular flexibility index (Phi) is 4.13. The summed E-state index contributed by atoms with van der Waals surface area (Å²) in [6.45, 7) is 3.07. The number of carbonyl (C=O) groups excluding carboxylic acids is 2. The van der Waals surface area contributed by atoms with Crippen LogP contribution in [0.25, 0.3) is 21.8 Å². The van der Waals surface area contributed by atoms with E-state index in [1.807, 2.05) is 24.3 Å². The Morgan fingerprint density at radius 1 is 0.818 bits per heavy atom. The van der Waals surface area contributed by atoms with E-state index >= 15 is 0 Å². The van der Waals surface area contributed by atoms with E-state index in [9.17, 15) is 9.59 Å². The molecule has 0 radical (unpaired) electrons. The SMILES string of the molecule is CC(=O)Sc1cnc2c(ccc3cc(SC(C)=O)cnc32)c1. The van der Waals surface area contributed by atoms with Gasteiger partial charge in [0.2, 0.25) is 0 Å². The molecule has 0 unspecified atom stereocenters. The molecule has 0 saturated heterocycles. The highest BCUT2D eigenvalue weighted by atomic mass is 32.2. The summed E-state index contributed by atoms with van der Waals surface area (Å²) in [7, 11) is 0. The minimum atomic E-state index is 0.0333. The lowest BCUT2D eigenvalue weighted by Gasteiger charge is -2.05. The van der Waals surface area contributed by atoms with E-state index in [1.54, 1.807) is 12.4 Å². The van der Waals surface area contributed by atoms with E-state index in [-0.39, 0.29) is 10.2 Å². The Bertz CT molecular complexity index is 834. The second-order valence-electron chi connectivity index (χ2n) is 4.74. The van der Waals surface area contributed by atoms with Crippen molar-refractivity contribution < 1.29 is 9.59 Å². The van der Waals surface area contributed by atoms with Gasteiger partial charge in [-0.25, -0.2) is 0 Å². The number of carbonyl (C=O) groups is 2. The third-order valence-electron chi connectivity index (χ3n) is 2.97.